The number of aromatic nitrogens is 3. The SMILES string of the molecule is Cc1ccc(O)c2c1-n1c(C)nnc1C(C)(C)N2. The molecule has 0 radical (unpaired) electrons. The molecule has 5 heteroatoms. The highest BCUT2D eigenvalue weighted by atomic mass is 16.3. The molecule has 1 aromatic carbocycles. The summed E-state index contributed by atoms with van der Waals surface area (Å²) in [5, 5.41) is 21.8. The third-order valence-corrected chi connectivity index (χ3v) is 3.40. The number of nitrogens with zero attached hydrogens (tertiary/aromatic N) is 3. The summed E-state index contributed by atoms with van der Waals surface area (Å²) in [6, 6.07) is 3.61. The van der Waals surface area contributed by atoms with Crippen LogP contribution >= 0.6 is 0 Å². The molecule has 0 saturated heterocycles. The number of hydrogen-bond acceptors (Lipinski definition) is 4. The van der Waals surface area contributed by atoms with Crippen molar-refractivity contribution in [3.05, 3.63) is 29.3 Å². The number of aromatic hydroxyl groups is 1. The molecule has 0 unspecified atom stereocenters. The highest BCUT2D eigenvalue weighted by Gasteiger charge is 2.35. The number of anilines is 1. The predicted octanol–water partition coefficient (Wildman–Crippen LogP) is 2.25. The van der Waals surface area contributed by atoms with E-state index in [1.165, 1.54) is 0 Å². The first-order valence-electron chi connectivity index (χ1n) is 5.95. The van der Waals surface area contributed by atoms with Gasteiger partial charge in [-0.15, -0.1) is 10.2 Å². The van der Waals surface area contributed by atoms with Crippen LogP contribution in [0.5, 0.6) is 5.75 Å². The van der Waals surface area contributed by atoms with Crippen LogP contribution < -0.4 is 5.32 Å². The Kier molecular flexibility index (Phi) is 2.00. The van der Waals surface area contributed by atoms with E-state index in [-0.39, 0.29) is 11.3 Å². The fraction of sp³-hybridized carbons (Fsp3) is 0.385. The summed E-state index contributed by atoms with van der Waals surface area (Å²) < 4.78 is 2.01. The minimum Gasteiger partial charge on any atom is -0.506 e. The molecule has 2 aromatic rings. The van der Waals surface area contributed by atoms with Crippen LogP contribution in [0.25, 0.3) is 5.69 Å². The van der Waals surface area contributed by atoms with Gasteiger partial charge in [-0.25, -0.2) is 0 Å². The van der Waals surface area contributed by atoms with Crippen molar-refractivity contribution in [3.8, 4) is 11.4 Å². The van der Waals surface area contributed by atoms with Crippen LogP contribution in [0.2, 0.25) is 0 Å². The molecule has 3 rings (SSSR count). The summed E-state index contributed by atoms with van der Waals surface area (Å²) in [5.41, 5.74) is 2.40. The monoisotopic (exact) mass is 244 g/mol. The van der Waals surface area contributed by atoms with Gasteiger partial charge in [0.15, 0.2) is 5.82 Å². The lowest BCUT2D eigenvalue weighted by atomic mass is 9.98. The Morgan fingerprint density at radius 2 is 1.94 bits per heavy atom. The van der Waals surface area contributed by atoms with Crippen molar-refractivity contribution in [1.29, 1.82) is 0 Å². The summed E-state index contributed by atoms with van der Waals surface area (Å²) in [6.45, 7) is 7.99. The van der Waals surface area contributed by atoms with Gasteiger partial charge in [0.25, 0.3) is 0 Å². The van der Waals surface area contributed by atoms with Gasteiger partial charge in [0.2, 0.25) is 0 Å². The van der Waals surface area contributed by atoms with Crippen LogP contribution in [0.4, 0.5) is 5.69 Å². The maximum Gasteiger partial charge on any atom is 0.162 e. The molecule has 1 aliphatic heterocycles. The fourth-order valence-electron chi connectivity index (χ4n) is 2.50. The third-order valence-electron chi connectivity index (χ3n) is 3.40. The molecule has 0 spiro atoms. The van der Waals surface area contributed by atoms with Gasteiger partial charge in [0, 0.05) is 0 Å². The lowest BCUT2D eigenvalue weighted by Gasteiger charge is -2.34. The number of hydrogen-bond donors (Lipinski definition) is 2. The second-order valence-corrected chi connectivity index (χ2v) is 5.28. The molecule has 1 aromatic heterocycles. The van der Waals surface area contributed by atoms with Crippen molar-refractivity contribution >= 4 is 5.69 Å². The lowest BCUT2D eigenvalue weighted by molar-refractivity contribution is 0.465. The van der Waals surface area contributed by atoms with Gasteiger partial charge >= 0.3 is 0 Å². The van der Waals surface area contributed by atoms with E-state index in [1.54, 1.807) is 6.07 Å². The van der Waals surface area contributed by atoms with Crippen molar-refractivity contribution in [2.75, 3.05) is 5.32 Å². The van der Waals surface area contributed by atoms with Crippen LogP contribution in [-0.2, 0) is 5.54 Å². The van der Waals surface area contributed by atoms with Crippen LogP contribution in [0.1, 0.15) is 31.1 Å². The zero-order valence-electron chi connectivity index (χ0n) is 10.9. The Hall–Kier alpha value is -2.04. The Balaban J connectivity index is 2.43. The van der Waals surface area contributed by atoms with E-state index in [9.17, 15) is 5.11 Å². The summed E-state index contributed by atoms with van der Waals surface area (Å²) in [4.78, 5) is 0. The van der Waals surface area contributed by atoms with Crippen LogP contribution in [0.15, 0.2) is 12.1 Å². The highest BCUT2D eigenvalue weighted by molar-refractivity contribution is 5.75. The van der Waals surface area contributed by atoms with E-state index in [0.717, 1.165) is 28.6 Å². The van der Waals surface area contributed by atoms with Gasteiger partial charge in [-0.1, -0.05) is 6.07 Å². The Morgan fingerprint density at radius 1 is 1.22 bits per heavy atom. The van der Waals surface area contributed by atoms with E-state index < -0.39 is 0 Å². The average Bonchev–Trinajstić information content (AvgIpc) is 2.67. The molecule has 1 aliphatic rings. The number of phenolic OH excluding ortho intramolecular Hbond substituents is 1. The Bertz CT molecular complexity index is 643. The normalized spacial score (nSPS) is 15.8. The largest absolute Gasteiger partial charge is 0.506 e. The second kappa shape index (κ2) is 3.25. The molecule has 2 heterocycles. The molecule has 0 fully saturated rings. The Labute approximate surface area is 105 Å². The first-order chi connectivity index (χ1) is 8.42. The number of benzene rings is 1. The van der Waals surface area contributed by atoms with Gasteiger partial charge in [0.05, 0.1) is 11.2 Å². The van der Waals surface area contributed by atoms with Gasteiger partial charge in [-0.3, -0.25) is 4.57 Å². The molecule has 2 N–H and O–H groups in total. The van der Waals surface area contributed by atoms with Crippen molar-refractivity contribution in [2.24, 2.45) is 0 Å². The summed E-state index contributed by atoms with van der Waals surface area (Å²) >= 11 is 0. The van der Waals surface area contributed by atoms with Gasteiger partial charge in [-0.05, 0) is 39.3 Å². The quantitative estimate of drug-likeness (QED) is 0.698. The number of phenols is 1. The standard InChI is InChI=1S/C13H16N4O/c1-7-5-6-9(18)10-11(7)17-8(2)15-16-12(17)13(3,4)14-10/h5-6,14,18H,1-4H3. The maximum atomic E-state index is 10.1. The zero-order chi connectivity index (χ0) is 13.1. The predicted molar refractivity (Wildman–Crippen MR) is 69.1 cm³/mol. The van der Waals surface area contributed by atoms with Gasteiger partial charge < -0.3 is 10.4 Å². The topological polar surface area (TPSA) is 63.0 Å². The molecular formula is C13H16N4O. The van der Waals surface area contributed by atoms with Crippen molar-refractivity contribution in [3.63, 3.8) is 0 Å². The fourth-order valence-corrected chi connectivity index (χ4v) is 2.50. The van der Waals surface area contributed by atoms with Gasteiger partial charge in [-0.2, -0.15) is 0 Å². The van der Waals surface area contributed by atoms with E-state index >= 15 is 0 Å². The summed E-state index contributed by atoms with van der Waals surface area (Å²) in [5.74, 6) is 1.94. The maximum absolute atomic E-state index is 10.1. The van der Waals surface area contributed by atoms with Crippen molar-refractivity contribution in [1.82, 2.24) is 14.8 Å². The molecular weight excluding hydrogens is 228 g/mol. The van der Waals surface area contributed by atoms with E-state index in [2.05, 4.69) is 15.5 Å². The first-order valence-corrected chi connectivity index (χ1v) is 5.95. The minimum absolute atomic E-state index is 0.252. The molecule has 0 bridgehead atoms. The lowest BCUT2D eigenvalue weighted by Crippen LogP contribution is -2.36. The molecule has 0 amide bonds. The number of aryl methyl sites for hydroxylation is 2. The molecule has 0 aliphatic carbocycles. The second-order valence-electron chi connectivity index (χ2n) is 5.28. The first kappa shape index (κ1) is 11.1. The summed E-state index contributed by atoms with van der Waals surface area (Å²) in [6.07, 6.45) is 0. The molecule has 94 valence electrons. The van der Waals surface area contributed by atoms with Crippen LogP contribution in [0, 0.1) is 13.8 Å². The van der Waals surface area contributed by atoms with E-state index in [4.69, 9.17) is 0 Å². The Morgan fingerprint density at radius 3 is 2.67 bits per heavy atom. The number of fused-ring (bicyclic) bond motifs is 3. The molecule has 18 heavy (non-hydrogen) atoms. The van der Waals surface area contributed by atoms with Crippen molar-refractivity contribution < 1.29 is 5.11 Å². The van der Waals surface area contributed by atoms with E-state index in [1.807, 2.05) is 38.3 Å². The van der Waals surface area contributed by atoms with Crippen molar-refractivity contribution in [2.45, 2.75) is 33.2 Å². The minimum atomic E-state index is -0.362. The number of rotatable bonds is 0. The summed E-state index contributed by atoms with van der Waals surface area (Å²) in [7, 11) is 0. The molecule has 0 saturated carbocycles. The zero-order valence-corrected chi connectivity index (χ0v) is 10.9. The van der Waals surface area contributed by atoms with E-state index in [0.29, 0.717) is 0 Å². The number of nitrogens with one attached hydrogen (secondary N) is 1. The molecule has 5 nitrogen and oxygen atoms in total. The average molecular weight is 244 g/mol. The highest BCUT2D eigenvalue weighted by Crippen LogP contribution is 2.42. The smallest absolute Gasteiger partial charge is 0.162 e. The van der Waals surface area contributed by atoms with Crippen LogP contribution in [-0.4, -0.2) is 19.9 Å². The molecule has 0 atom stereocenters. The van der Waals surface area contributed by atoms with Gasteiger partial charge in [0.1, 0.15) is 17.3 Å². The van der Waals surface area contributed by atoms with Crippen LogP contribution in [0.3, 0.4) is 0 Å². The third kappa shape index (κ3) is 1.27.